The summed E-state index contributed by atoms with van der Waals surface area (Å²) in [4.78, 5) is 4.35. The van der Waals surface area contributed by atoms with Gasteiger partial charge in [-0.3, -0.25) is 5.32 Å². The van der Waals surface area contributed by atoms with Crippen molar-refractivity contribution in [3.8, 4) is 22.8 Å². The van der Waals surface area contributed by atoms with Crippen LogP contribution in [0.15, 0.2) is 73.1 Å². The van der Waals surface area contributed by atoms with Crippen LogP contribution in [0, 0.1) is 6.92 Å². The first kappa shape index (κ1) is 30.9. The highest BCUT2D eigenvalue weighted by molar-refractivity contribution is 7.80. The average Bonchev–Trinajstić information content (AvgIpc) is 3.42. The van der Waals surface area contributed by atoms with E-state index in [2.05, 4.69) is 50.7 Å². The Morgan fingerprint density at radius 3 is 2.55 bits per heavy atom. The molecule has 4 rings (SSSR count). The maximum absolute atomic E-state index is 12.4. The SMILES string of the molecule is Cc1ccc(NC(=S)NC(O)NCCCc2cccc(-c3ncn(-c4ccc(OC(F)(F)F)cc4)n3)c2)c(C(C)C)c1. The molecule has 4 N–H and O–H groups in total. The number of aliphatic hydroxyl groups is 1. The normalized spacial score (nSPS) is 12.3. The number of nitrogens with one attached hydrogen (secondary N) is 3. The number of aryl methyl sites for hydroxylation is 2. The highest BCUT2D eigenvalue weighted by Gasteiger charge is 2.31. The van der Waals surface area contributed by atoms with E-state index in [4.69, 9.17) is 12.2 Å². The number of alkyl halides is 3. The standard InChI is InChI=1S/C30H33F3N6O2S/c1-19(2)25-16-20(3)9-14-26(25)36-29(42)37-28(40)34-15-5-7-21-6-4-8-22(17-21)27-35-18-39(38-27)23-10-12-24(13-11-23)41-30(31,32)33/h4,6,8-14,16-19,28,34,40H,5,7,15H2,1-3H3,(H2,36,37,42). The van der Waals surface area contributed by atoms with Crippen molar-refractivity contribution in [2.45, 2.75) is 52.2 Å². The number of anilines is 1. The molecule has 42 heavy (non-hydrogen) atoms. The molecule has 12 heteroatoms. The lowest BCUT2D eigenvalue weighted by Gasteiger charge is -2.20. The first-order valence-electron chi connectivity index (χ1n) is 13.4. The largest absolute Gasteiger partial charge is 0.573 e. The molecule has 3 aromatic carbocycles. The molecule has 0 fully saturated rings. The molecule has 0 amide bonds. The van der Waals surface area contributed by atoms with Gasteiger partial charge in [-0.25, -0.2) is 9.67 Å². The minimum atomic E-state index is -4.75. The van der Waals surface area contributed by atoms with Crippen molar-refractivity contribution in [2.24, 2.45) is 0 Å². The van der Waals surface area contributed by atoms with Gasteiger partial charge in [0.05, 0.1) is 5.69 Å². The van der Waals surface area contributed by atoms with Crippen molar-refractivity contribution in [3.63, 3.8) is 0 Å². The van der Waals surface area contributed by atoms with Crippen LogP contribution in [0.1, 0.15) is 42.9 Å². The molecule has 0 aliphatic rings. The van der Waals surface area contributed by atoms with Crippen molar-refractivity contribution >= 4 is 23.0 Å². The zero-order chi connectivity index (χ0) is 30.3. The Morgan fingerprint density at radius 1 is 1.07 bits per heavy atom. The maximum Gasteiger partial charge on any atom is 0.573 e. The van der Waals surface area contributed by atoms with E-state index in [1.165, 1.54) is 40.8 Å². The zero-order valence-corrected chi connectivity index (χ0v) is 24.3. The van der Waals surface area contributed by atoms with Gasteiger partial charge in [-0.1, -0.05) is 49.7 Å². The van der Waals surface area contributed by atoms with E-state index in [1.807, 2.05) is 43.3 Å². The van der Waals surface area contributed by atoms with E-state index < -0.39 is 12.7 Å². The van der Waals surface area contributed by atoms with Crippen molar-refractivity contribution < 1.29 is 23.0 Å². The van der Waals surface area contributed by atoms with Crippen LogP contribution in [-0.4, -0.2) is 44.2 Å². The number of hydrogen-bond donors (Lipinski definition) is 4. The molecule has 0 aliphatic carbocycles. The summed E-state index contributed by atoms with van der Waals surface area (Å²) in [5.74, 6) is 0.505. The quantitative estimate of drug-likeness (QED) is 0.0942. The molecule has 1 aromatic heterocycles. The molecule has 1 heterocycles. The van der Waals surface area contributed by atoms with Crippen LogP contribution in [-0.2, 0) is 6.42 Å². The molecule has 4 aromatic rings. The summed E-state index contributed by atoms with van der Waals surface area (Å²) in [6.07, 6.45) is -2.75. The molecule has 0 spiro atoms. The lowest BCUT2D eigenvalue weighted by Crippen LogP contribution is -2.47. The summed E-state index contributed by atoms with van der Waals surface area (Å²) in [6, 6.07) is 19.3. The first-order valence-corrected chi connectivity index (χ1v) is 13.8. The smallest absolute Gasteiger partial charge is 0.406 e. The molecule has 0 radical (unpaired) electrons. The first-order chi connectivity index (χ1) is 20.0. The minimum absolute atomic E-state index is 0.307. The fraction of sp³-hybridized carbons (Fsp3) is 0.300. The van der Waals surface area contributed by atoms with Crippen LogP contribution in [0.3, 0.4) is 0 Å². The van der Waals surface area contributed by atoms with Gasteiger partial charge in [0.15, 0.2) is 17.3 Å². The topological polar surface area (TPSA) is 96.3 Å². The lowest BCUT2D eigenvalue weighted by molar-refractivity contribution is -0.274. The van der Waals surface area contributed by atoms with Crippen molar-refractivity contribution in [1.29, 1.82) is 0 Å². The number of hydrogen-bond acceptors (Lipinski definition) is 6. The van der Waals surface area contributed by atoms with Gasteiger partial charge in [-0.05, 0) is 92.0 Å². The van der Waals surface area contributed by atoms with E-state index in [0.717, 1.165) is 35.2 Å². The van der Waals surface area contributed by atoms with E-state index in [9.17, 15) is 18.3 Å². The number of thiocarbonyl (C=S) groups is 1. The summed E-state index contributed by atoms with van der Waals surface area (Å²) in [5.41, 5.74) is 5.66. The summed E-state index contributed by atoms with van der Waals surface area (Å²) in [6.45, 7) is 6.83. The fourth-order valence-corrected chi connectivity index (χ4v) is 4.55. The molecule has 0 bridgehead atoms. The minimum Gasteiger partial charge on any atom is -0.406 e. The van der Waals surface area contributed by atoms with E-state index >= 15 is 0 Å². The second-order valence-corrected chi connectivity index (χ2v) is 10.5. The highest BCUT2D eigenvalue weighted by Crippen LogP contribution is 2.26. The Balaban J connectivity index is 1.25. The number of rotatable bonds is 11. The van der Waals surface area contributed by atoms with Gasteiger partial charge in [0.25, 0.3) is 0 Å². The predicted molar refractivity (Wildman–Crippen MR) is 160 cm³/mol. The summed E-state index contributed by atoms with van der Waals surface area (Å²) < 4.78 is 42.6. The van der Waals surface area contributed by atoms with Gasteiger partial charge in [0.2, 0.25) is 0 Å². The summed E-state index contributed by atoms with van der Waals surface area (Å²) in [7, 11) is 0. The third kappa shape index (κ3) is 9.00. The van der Waals surface area contributed by atoms with E-state index in [1.54, 1.807) is 0 Å². The van der Waals surface area contributed by atoms with E-state index in [0.29, 0.717) is 29.1 Å². The van der Waals surface area contributed by atoms with Crippen LogP contribution >= 0.6 is 12.2 Å². The number of ether oxygens (including phenoxy) is 1. The maximum atomic E-state index is 12.4. The molecule has 222 valence electrons. The van der Waals surface area contributed by atoms with Gasteiger partial charge in [0, 0.05) is 11.3 Å². The number of benzene rings is 3. The second-order valence-electron chi connectivity index (χ2n) is 10.1. The third-order valence-corrected chi connectivity index (χ3v) is 6.56. The monoisotopic (exact) mass is 598 g/mol. The molecule has 0 saturated carbocycles. The third-order valence-electron chi connectivity index (χ3n) is 6.34. The van der Waals surface area contributed by atoms with Crippen molar-refractivity contribution in [1.82, 2.24) is 25.4 Å². The number of aromatic nitrogens is 3. The van der Waals surface area contributed by atoms with Crippen molar-refractivity contribution in [3.05, 3.63) is 89.7 Å². The van der Waals surface area contributed by atoms with Gasteiger partial charge >= 0.3 is 6.36 Å². The molecule has 8 nitrogen and oxygen atoms in total. The molecular formula is C30H33F3N6O2S. The number of nitrogens with zero attached hydrogens (tertiary/aromatic N) is 3. The highest BCUT2D eigenvalue weighted by atomic mass is 32.1. The summed E-state index contributed by atoms with van der Waals surface area (Å²) in [5, 5.41) is 24.2. The Bertz CT molecular complexity index is 1490. The van der Waals surface area contributed by atoms with Gasteiger partial charge in [0.1, 0.15) is 12.1 Å². The van der Waals surface area contributed by atoms with Crippen LogP contribution in [0.25, 0.3) is 17.1 Å². The van der Waals surface area contributed by atoms with Crippen LogP contribution in [0.4, 0.5) is 18.9 Å². The average molecular weight is 599 g/mol. The Kier molecular flexibility index (Phi) is 10.2. The molecule has 1 atom stereocenters. The Morgan fingerprint density at radius 2 is 1.83 bits per heavy atom. The summed E-state index contributed by atoms with van der Waals surface area (Å²) >= 11 is 5.38. The van der Waals surface area contributed by atoms with Crippen LogP contribution in [0.5, 0.6) is 5.75 Å². The Labute approximate surface area is 247 Å². The molecule has 0 saturated heterocycles. The number of aliphatic hydroxyl groups excluding tert-OH is 1. The van der Waals surface area contributed by atoms with E-state index in [-0.39, 0.29) is 5.75 Å². The molecule has 0 aliphatic heterocycles. The molecule has 1 unspecified atom stereocenters. The fourth-order valence-electron chi connectivity index (χ4n) is 4.32. The lowest BCUT2D eigenvalue weighted by atomic mass is 9.99. The molecular weight excluding hydrogens is 565 g/mol. The predicted octanol–water partition coefficient (Wildman–Crippen LogP) is 6.05. The van der Waals surface area contributed by atoms with Gasteiger partial charge < -0.3 is 20.5 Å². The Hall–Kier alpha value is -4.00. The van der Waals surface area contributed by atoms with Crippen LogP contribution in [0.2, 0.25) is 0 Å². The van der Waals surface area contributed by atoms with Crippen LogP contribution < -0.4 is 20.7 Å². The van der Waals surface area contributed by atoms with Crippen molar-refractivity contribution in [2.75, 3.05) is 11.9 Å². The zero-order valence-electron chi connectivity index (χ0n) is 23.4. The van der Waals surface area contributed by atoms with Gasteiger partial charge in [-0.15, -0.1) is 18.3 Å². The second kappa shape index (κ2) is 13.8. The van der Waals surface area contributed by atoms with Gasteiger partial charge in [-0.2, -0.15) is 0 Å². The number of halogens is 3.